The van der Waals surface area contributed by atoms with Gasteiger partial charge in [0.25, 0.3) is 5.91 Å². The molecule has 0 saturated carbocycles. The number of benzene rings is 2. The zero-order valence-corrected chi connectivity index (χ0v) is 28.2. The number of carbonyl (C=O) groups excluding carboxylic acids is 1. The van der Waals surface area contributed by atoms with Gasteiger partial charge in [-0.2, -0.15) is 4.98 Å². The number of rotatable bonds is 11. The van der Waals surface area contributed by atoms with Crippen LogP contribution >= 0.6 is 0 Å². The lowest BCUT2D eigenvalue weighted by Gasteiger charge is -2.27. The fourth-order valence-corrected chi connectivity index (χ4v) is 4.90. The van der Waals surface area contributed by atoms with E-state index >= 15 is 0 Å². The van der Waals surface area contributed by atoms with Gasteiger partial charge in [-0.15, -0.1) is 5.10 Å². The van der Waals surface area contributed by atoms with Gasteiger partial charge in [-0.1, -0.05) is 54.7 Å². The summed E-state index contributed by atoms with van der Waals surface area (Å²) >= 11 is 0. The van der Waals surface area contributed by atoms with E-state index in [0.717, 1.165) is 61.1 Å². The number of fused-ring (bicyclic) bond motifs is 1. The zero-order chi connectivity index (χ0) is 33.4. The normalized spacial score (nSPS) is 14.3. The van der Waals surface area contributed by atoms with Crippen molar-refractivity contribution >= 4 is 23.2 Å². The van der Waals surface area contributed by atoms with Crippen molar-refractivity contribution in [1.29, 1.82) is 0 Å². The van der Waals surface area contributed by atoms with Crippen LogP contribution < -0.4 is 20.7 Å². The molecule has 9 heteroatoms. The highest BCUT2D eigenvalue weighted by atomic mass is 16.5. The van der Waals surface area contributed by atoms with Crippen molar-refractivity contribution in [2.45, 2.75) is 27.7 Å². The summed E-state index contributed by atoms with van der Waals surface area (Å²) in [7, 11) is 1.65. The largest absolute Gasteiger partial charge is 0.497 e. The second-order valence-corrected chi connectivity index (χ2v) is 11.1. The monoisotopic (exact) mass is 633 g/mol. The maximum absolute atomic E-state index is 12.5. The van der Waals surface area contributed by atoms with Crippen molar-refractivity contribution in [3.8, 4) is 17.0 Å². The van der Waals surface area contributed by atoms with Gasteiger partial charge in [-0.25, -0.2) is 4.52 Å². The molecule has 0 unspecified atom stereocenters. The quantitative estimate of drug-likeness (QED) is 0.156. The number of nitrogens with zero attached hydrogens (tertiary/aromatic N) is 4. The summed E-state index contributed by atoms with van der Waals surface area (Å²) in [6, 6.07) is 21.0. The van der Waals surface area contributed by atoms with Gasteiger partial charge in [0.15, 0.2) is 5.65 Å². The first-order valence-electron chi connectivity index (χ1n) is 16.1. The number of carbonyl (C=O) groups is 1. The molecule has 2 aromatic heterocycles. The smallest absolute Gasteiger partial charge is 0.251 e. The minimum Gasteiger partial charge on any atom is -0.497 e. The van der Waals surface area contributed by atoms with Crippen LogP contribution in [0.25, 0.3) is 16.9 Å². The fraction of sp³-hybridized carbons (Fsp3) is 0.289. The lowest BCUT2D eigenvalue weighted by Crippen LogP contribution is -2.46. The minimum absolute atomic E-state index is 0.0690. The van der Waals surface area contributed by atoms with Crippen LogP contribution in [0.3, 0.4) is 0 Å². The Morgan fingerprint density at radius 1 is 0.936 bits per heavy atom. The molecule has 9 nitrogen and oxygen atoms in total. The molecule has 0 atom stereocenters. The van der Waals surface area contributed by atoms with Gasteiger partial charge in [0, 0.05) is 56.1 Å². The van der Waals surface area contributed by atoms with Gasteiger partial charge < -0.3 is 20.7 Å². The Balaban J connectivity index is 0.000000356. The summed E-state index contributed by atoms with van der Waals surface area (Å²) in [5.74, 6) is 1.19. The second kappa shape index (κ2) is 18.2. The first kappa shape index (κ1) is 34.9. The number of piperazine rings is 1. The molecule has 0 radical (unpaired) electrons. The highest BCUT2D eigenvalue weighted by molar-refractivity contribution is 5.94. The maximum Gasteiger partial charge on any atom is 0.251 e. The summed E-state index contributed by atoms with van der Waals surface area (Å²) < 4.78 is 7.16. The first-order valence-corrected chi connectivity index (χ1v) is 16.1. The van der Waals surface area contributed by atoms with E-state index in [9.17, 15) is 4.79 Å². The Bertz CT molecular complexity index is 1690. The fourth-order valence-electron chi connectivity index (χ4n) is 4.90. The van der Waals surface area contributed by atoms with E-state index in [1.54, 1.807) is 23.8 Å². The van der Waals surface area contributed by atoms with Crippen molar-refractivity contribution in [3.63, 3.8) is 0 Å². The van der Waals surface area contributed by atoms with Crippen molar-refractivity contribution in [2.75, 3.05) is 51.7 Å². The van der Waals surface area contributed by atoms with Crippen LogP contribution in [-0.2, 0) is 0 Å². The van der Waals surface area contributed by atoms with Gasteiger partial charge in [-0.3, -0.25) is 9.69 Å². The molecule has 4 aromatic rings. The molecular formula is C38H47N7O2. The van der Waals surface area contributed by atoms with E-state index in [0.29, 0.717) is 18.1 Å². The van der Waals surface area contributed by atoms with E-state index in [4.69, 9.17) is 4.74 Å². The molecule has 3 heterocycles. The predicted molar refractivity (Wildman–Crippen MR) is 193 cm³/mol. The number of aromatic nitrogens is 3. The second-order valence-electron chi connectivity index (χ2n) is 11.1. The summed E-state index contributed by atoms with van der Waals surface area (Å²) in [5, 5.41) is 14.2. The Morgan fingerprint density at radius 3 is 2.28 bits per heavy atom. The van der Waals surface area contributed by atoms with E-state index < -0.39 is 0 Å². The lowest BCUT2D eigenvalue weighted by molar-refractivity contribution is 0.0947. The molecule has 47 heavy (non-hydrogen) atoms. The third kappa shape index (κ3) is 10.5. The van der Waals surface area contributed by atoms with Gasteiger partial charge >= 0.3 is 0 Å². The van der Waals surface area contributed by atoms with Crippen LogP contribution in [0.5, 0.6) is 5.75 Å². The van der Waals surface area contributed by atoms with Gasteiger partial charge in [0.2, 0.25) is 5.95 Å². The number of nitrogens with one attached hydrogen (secondary N) is 3. The Morgan fingerprint density at radius 2 is 1.62 bits per heavy atom. The van der Waals surface area contributed by atoms with Gasteiger partial charge in [-0.05, 0) is 87.4 Å². The number of pyridine rings is 1. The average Bonchev–Trinajstić information content (AvgIpc) is 3.53. The average molecular weight is 634 g/mol. The number of methoxy groups -OCH3 is 1. The molecule has 3 N–H and O–H groups in total. The number of ether oxygens (including phenoxy) is 1. The number of hydrogen-bond donors (Lipinski definition) is 3. The van der Waals surface area contributed by atoms with Crippen LogP contribution in [0, 0.1) is 0 Å². The topological polar surface area (TPSA) is 95.8 Å². The van der Waals surface area contributed by atoms with E-state index in [-0.39, 0.29) is 5.91 Å². The Labute approximate surface area is 278 Å². The zero-order valence-electron chi connectivity index (χ0n) is 28.2. The molecule has 246 valence electrons. The van der Waals surface area contributed by atoms with Crippen molar-refractivity contribution in [2.24, 2.45) is 0 Å². The highest BCUT2D eigenvalue weighted by Crippen LogP contribution is 2.25. The third-order valence-corrected chi connectivity index (χ3v) is 7.75. The Kier molecular flexibility index (Phi) is 13.5. The van der Waals surface area contributed by atoms with Crippen molar-refractivity contribution < 1.29 is 9.53 Å². The summed E-state index contributed by atoms with van der Waals surface area (Å²) in [4.78, 5) is 19.4. The number of allylic oxidation sites excluding steroid dienone is 8. The van der Waals surface area contributed by atoms with Crippen LogP contribution in [0.4, 0.5) is 11.6 Å². The summed E-state index contributed by atoms with van der Waals surface area (Å²) in [6.45, 7) is 13.8. The molecule has 5 rings (SSSR count). The molecule has 0 spiro atoms. The summed E-state index contributed by atoms with van der Waals surface area (Å²) in [6.07, 6.45) is 12.4. The van der Waals surface area contributed by atoms with Crippen LogP contribution in [-0.4, -0.2) is 71.8 Å². The molecule has 0 bridgehead atoms. The minimum atomic E-state index is -0.0690. The van der Waals surface area contributed by atoms with Crippen molar-refractivity contribution in [1.82, 2.24) is 30.1 Å². The SMILES string of the molecule is COc1cccc(-c2cccc3nc(Nc4ccc(C(=O)NCCN5CCNCC5)cc4)nn23)c1.C\C=C/C=C(C)/C(C)=C/C=C\C. The molecule has 1 fully saturated rings. The first-order chi connectivity index (χ1) is 22.9. The molecule has 1 aliphatic heterocycles. The maximum atomic E-state index is 12.5. The molecule has 2 aromatic carbocycles. The molecule has 0 aliphatic carbocycles. The molecule has 1 saturated heterocycles. The standard InChI is InChI=1S/C26H29N7O2.C12H18/c1-35-22-5-2-4-20(18-22)23-6-3-7-24-30-26(31-33(23)24)29-21-10-8-19(9-11-21)25(34)28-14-17-32-15-12-27-13-16-32;1-5-7-9-11(3)12(4)10-8-6-2/h2-11,18,27H,12-17H2,1H3,(H,28,34)(H,29,31);5-10H,1-4H3/b;7-5-,8-6-,11-9+,12-10+. The number of hydrogen-bond acceptors (Lipinski definition) is 7. The van der Waals surface area contributed by atoms with E-state index in [1.165, 1.54) is 11.1 Å². The van der Waals surface area contributed by atoms with E-state index in [2.05, 4.69) is 69.1 Å². The van der Waals surface area contributed by atoms with Crippen molar-refractivity contribution in [3.05, 3.63) is 120 Å². The molecule has 1 aliphatic rings. The third-order valence-electron chi connectivity index (χ3n) is 7.75. The molecular weight excluding hydrogens is 586 g/mol. The Hall–Kier alpha value is -4.99. The lowest BCUT2D eigenvalue weighted by atomic mass is 10.1. The van der Waals surface area contributed by atoms with Crippen LogP contribution in [0.15, 0.2) is 114 Å². The van der Waals surface area contributed by atoms with Crippen LogP contribution in [0.2, 0.25) is 0 Å². The van der Waals surface area contributed by atoms with E-state index in [1.807, 2.05) is 80.6 Å². The number of amides is 1. The summed E-state index contributed by atoms with van der Waals surface area (Å²) in [5.41, 5.74) is 6.68. The predicted octanol–water partition coefficient (Wildman–Crippen LogP) is 6.81. The number of anilines is 2. The van der Waals surface area contributed by atoms with Gasteiger partial charge in [0.1, 0.15) is 5.75 Å². The molecule has 1 amide bonds. The van der Waals surface area contributed by atoms with Gasteiger partial charge in [0.05, 0.1) is 12.8 Å². The highest BCUT2D eigenvalue weighted by Gasteiger charge is 2.12. The van der Waals surface area contributed by atoms with Crippen LogP contribution in [0.1, 0.15) is 38.1 Å².